The van der Waals surface area contributed by atoms with Crippen LogP contribution in [0.25, 0.3) is 11.8 Å². The molecule has 1 aliphatic heterocycles. The third-order valence-electron chi connectivity index (χ3n) is 5.15. The molecule has 0 spiro atoms. The molecule has 0 unspecified atom stereocenters. The maximum absolute atomic E-state index is 12.9. The quantitative estimate of drug-likeness (QED) is 0.281. The highest BCUT2D eigenvalue weighted by Gasteiger charge is 2.36. The number of carbonyl (C=O) groups is 3. The van der Waals surface area contributed by atoms with Gasteiger partial charge in [-0.2, -0.15) is 0 Å². The number of thioether (sulfide) groups is 1. The third kappa shape index (κ3) is 4.53. The van der Waals surface area contributed by atoms with Crippen LogP contribution in [0.3, 0.4) is 0 Å². The molecule has 7 nitrogen and oxygen atoms in total. The first kappa shape index (κ1) is 23.4. The van der Waals surface area contributed by atoms with Crippen molar-refractivity contribution in [3.8, 4) is 5.69 Å². The number of hydrogen-bond acceptors (Lipinski definition) is 6. The zero-order valence-corrected chi connectivity index (χ0v) is 21.0. The Labute approximate surface area is 207 Å². The summed E-state index contributed by atoms with van der Waals surface area (Å²) in [6, 6.07) is 10.6. The second-order valence-corrected chi connectivity index (χ2v) is 9.54. The maximum Gasteiger partial charge on any atom is 0.373 e. The number of nitrogens with zero attached hydrogens (tertiary/aromatic N) is 2. The van der Waals surface area contributed by atoms with Crippen LogP contribution >= 0.6 is 39.3 Å². The Morgan fingerprint density at radius 1 is 1.21 bits per heavy atom. The summed E-state index contributed by atoms with van der Waals surface area (Å²) in [6.45, 7) is 3.83. The summed E-state index contributed by atoms with van der Waals surface area (Å²) < 4.78 is 12.8. The van der Waals surface area contributed by atoms with E-state index in [0.29, 0.717) is 15.7 Å². The van der Waals surface area contributed by atoms with E-state index in [2.05, 4.69) is 20.7 Å². The van der Waals surface area contributed by atoms with Crippen molar-refractivity contribution in [3.05, 3.63) is 79.3 Å². The number of aromatic nitrogens is 1. The van der Waals surface area contributed by atoms with Crippen molar-refractivity contribution in [1.82, 2.24) is 9.47 Å². The molecule has 1 aliphatic rings. The minimum Gasteiger partial charge on any atom is -0.463 e. The Morgan fingerprint density at radius 2 is 1.97 bits per heavy atom. The van der Waals surface area contributed by atoms with E-state index in [-0.39, 0.29) is 12.3 Å². The van der Waals surface area contributed by atoms with E-state index < -0.39 is 17.1 Å². The van der Waals surface area contributed by atoms with Gasteiger partial charge in [0.1, 0.15) is 5.76 Å². The number of carbonyl (C=O) groups excluding carboxylic acids is 3. The first-order valence-electron chi connectivity index (χ1n) is 9.76. The molecule has 2 aromatic heterocycles. The Kier molecular flexibility index (Phi) is 6.56. The van der Waals surface area contributed by atoms with Gasteiger partial charge in [0, 0.05) is 21.5 Å². The molecule has 4 rings (SSSR count). The predicted octanol–water partition coefficient (Wildman–Crippen LogP) is 6.13. The first-order chi connectivity index (χ1) is 15.7. The van der Waals surface area contributed by atoms with E-state index in [1.54, 1.807) is 6.08 Å². The van der Waals surface area contributed by atoms with Crippen molar-refractivity contribution < 1.29 is 23.5 Å². The summed E-state index contributed by atoms with van der Waals surface area (Å²) >= 11 is 10.5. The van der Waals surface area contributed by atoms with Crippen LogP contribution in [-0.4, -0.2) is 33.7 Å². The van der Waals surface area contributed by atoms with E-state index in [4.69, 9.17) is 16.0 Å². The smallest absolute Gasteiger partial charge is 0.373 e. The largest absolute Gasteiger partial charge is 0.463 e. The number of aryl methyl sites for hydroxylation is 1. The molecule has 0 atom stereocenters. The summed E-state index contributed by atoms with van der Waals surface area (Å²) in [7, 11) is 1.24. The Morgan fingerprint density at radius 3 is 2.67 bits per heavy atom. The van der Waals surface area contributed by atoms with Gasteiger partial charge in [-0.05, 0) is 89.6 Å². The second-order valence-electron chi connectivity index (χ2n) is 7.29. The SMILES string of the molecule is COC(=O)c1ccc(CN2C(=O)S/C(=C/c3cc(C)n(-c4ccc(Br)c(Cl)c4)c3C)C2=O)o1. The topological polar surface area (TPSA) is 81.8 Å². The summed E-state index contributed by atoms with van der Waals surface area (Å²) in [5, 5.41) is 0.187. The van der Waals surface area contributed by atoms with Crippen molar-refractivity contribution in [2.24, 2.45) is 0 Å². The fourth-order valence-electron chi connectivity index (χ4n) is 3.56. The molecule has 3 heterocycles. The molecule has 0 bridgehead atoms. The molecule has 0 N–H and O–H groups in total. The van der Waals surface area contributed by atoms with E-state index in [1.807, 2.05) is 42.7 Å². The monoisotopic (exact) mass is 548 g/mol. The van der Waals surface area contributed by atoms with Crippen molar-refractivity contribution >= 4 is 62.5 Å². The molecule has 33 heavy (non-hydrogen) atoms. The number of ether oxygens (including phenoxy) is 1. The highest BCUT2D eigenvalue weighted by Crippen LogP contribution is 2.35. The van der Waals surface area contributed by atoms with Gasteiger partial charge in [-0.25, -0.2) is 4.79 Å². The van der Waals surface area contributed by atoms with Crippen LogP contribution in [0, 0.1) is 13.8 Å². The highest BCUT2D eigenvalue weighted by atomic mass is 79.9. The molecule has 0 radical (unpaired) electrons. The number of halogens is 2. The van der Waals surface area contributed by atoms with Gasteiger partial charge in [0.2, 0.25) is 5.76 Å². The lowest BCUT2D eigenvalue weighted by Gasteiger charge is -2.11. The Hall–Kier alpha value is -2.75. The average Bonchev–Trinajstić information content (AvgIpc) is 3.43. The van der Waals surface area contributed by atoms with Gasteiger partial charge in [-0.3, -0.25) is 14.5 Å². The number of imide groups is 1. The van der Waals surface area contributed by atoms with E-state index in [1.165, 1.54) is 19.2 Å². The van der Waals surface area contributed by atoms with E-state index >= 15 is 0 Å². The average molecular weight is 550 g/mol. The van der Waals surface area contributed by atoms with Gasteiger partial charge in [0.05, 0.1) is 23.6 Å². The standard InChI is InChI=1S/C23H18BrClN2O5S/c1-12-8-14(13(2)27(12)15-4-6-17(24)18(25)10-15)9-20-21(28)26(23(30)33-20)11-16-5-7-19(32-16)22(29)31-3/h4-10H,11H2,1-3H3/b20-9+. The van der Waals surface area contributed by atoms with Crippen LogP contribution in [0.4, 0.5) is 4.79 Å². The number of hydrogen-bond donors (Lipinski definition) is 0. The number of rotatable bonds is 5. The predicted molar refractivity (Wildman–Crippen MR) is 130 cm³/mol. The molecule has 2 amide bonds. The zero-order valence-electron chi connectivity index (χ0n) is 17.8. The third-order valence-corrected chi connectivity index (χ3v) is 7.29. The van der Waals surface area contributed by atoms with Crippen LogP contribution < -0.4 is 0 Å². The molecular weight excluding hydrogens is 532 g/mol. The lowest BCUT2D eigenvalue weighted by molar-refractivity contribution is -0.123. The fraction of sp³-hybridized carbons (Fsp3) is 0.174. The highest BCUT2D eigenvalue weighted by molar-refractivity contribution is 9.10. The van der Waals surface area contributed by atoms with Crippen LogP contribution in [0.1, 0.15) is 33.3 Å². The van der Waals surface area contributed by atoms with Crippen LogP contribution in [0.15, 0.2) is 50.2 Å². The lowest BCUT2D eigenvalue weighted by atomic mass is 10.2. The van der Waals surface area contributed by atoms with Gasteiger partial charge in [0.25, 0.3) is 11.1 Å². The van der Waals surface area contributed by atoms with Gasteiger partial charge < -0.3 is 13.7 Å². The molecule has 1 saturated heterocycles. The second kappa shape index (κ2) is 9.24. The molecule has 1 fully saturated rings. The Bertz CT molecular complexity index is 1330. The zero-order chi connectivity index (χ0) is 23.9. The van der Waals surface area contributed by atoms with Crippen molar-refractivity contribution in [2.75, 3.05) is 7.11 Å². The molecule has 170 valence electrons. The van der Waals surface area contributed by atoms with Gasteiger partial charge >= 0.3 is 5.97 Å². The van der Waals surface area contributed by atoms with Gasteiger partial charge in [0.15, 0.2) is 0 Å². The summed E-state index contributed by atoms with van der Waals surface area (Å²) in [4.78, 5) is 38.4. The number of esters is 1. The van der Waals surface area contributed by atoms with E-state index in [9.17, 15) is 14.4 Å². The number of methoxy groups -OCH3 is 1. The Balaban J connectivity index is 1.59. The lowest BCUT2D eigenvalue weighted by Crippen LogP contribution is -2.27. The fourth-order valence-corrected chi connectivity index (χ4v) is 4.81. The van der Waals surface area contributed by atoms with Crippen molar-refractivity contribution in [3.63, 3.8) is 0 Å². The summed E-state index contributed by atoms with van der Waals surface area (Å²) in [5.41, 5.74) is 3.59. The number of furan rings is 1. The molecule has 3 aromatic rings. The minimum absolute atomic E-state index is 0.00972. The molecule has 10 heteroatoms. The van der Waals surface area contributed by atoms with Crippen LogP contribution in [0.2, 0.25) is 5.02 Å². The maximum atomic E-state index is 12.9. The molecular formula is C23H18BrClN2O5S. The summed E-state index contributed by atoms with van der Waals surface area (Å²) in [6.07, 6.45) is 1.71. The van der Waals surface area contributed by atoms with Crippen molar-refractivity contribution in [2.45, 2.75) is 20.4 Å². The van der Waals surface area contributed by atoms with Crippen molar-refractivity contribution in [1.29, 1.82) is 0 Å². The summed E-state index contributed by atoms with van der Waals surface area (Å²) in [5.74, 6) is -0.727. The van der Waals surface area contributed by atoms with Crippen LogP contribution in [-0.2, 0) is 16.1 Å². The number of amides is 2. The van der Waals surface area contributed by atoms with Crippen LogP contribution in [0.5, 0.6) is 0 Å². The molecule has 1 aromatic carbocycles. The van der Waals surface area contributed by atoms with Gasteiger partial charge in [-0.1, -0.05) is 11.6 Å². The molecule has 0 aliphatic carbocycles. The minimum atomic E-state index is -0.627. The van der Waals surface area contributed by atoms with E-state index in [0.717, 1.165) is 43.8 Å². The normalized spacial score (nSPS) is 15.1. The number of benzene rings is 1. The first-order valence-corrected chi connectivity index (χ1v) is 11.7. The van der Waals surface area contributed by atoms with Gasteiger partial charge in [-0.15, -0.1) is 0 Å². The molecule has 0 saturated carbocycles.